The standard InChI is InChI=1S/C36H32FN3O11/c1-46-27-11-20(30-22-13-26-25(49-17-50-26)10-19(22)9-21-16-48-35(44)31(21)30)12-28(47-2)32(27)51-34(43)24(8-18-6-4-3-5-7-18)38-29(41)15-40-14-23(37)33(42)39-36(40)45/h3-7,10-14,21,24,30-31H,8-9,15-17H2,1-2H3,(H,38,41)(H,39,42,45)/t21-,24?,30+,31-/m0/s1. The summed E-state index contributed by atoms with van der Waals surface area (Å²) >= 11 is 0. The number of amides is 1. The molecule has 0 radical (unpaired) electrons. The van der Waals surface area contributed by atoms with Crippen molar-refractivity contribution in [3.63, 3.8) is 0 Å². The fraction of sp³-hybridized carbons (Fsp3) is 0.306. The van der Waals surface area contributed by atoms with Crippen LogP contribution in [0.4, 0.5) is 4.39 Å². The first-order valence-electron chi connectivity index (χ1n) is 16.0. The van der Waals surface area contributed by atoms with Crippen molar-refractivity contribution in [2.75, 3.05) is 27.6 Å². The number of H-pyrrole nitrogens is 1. The van der Waals surface area contributed by atoms with Crippen LogP contribution in [0.15, 0.2) is 70.4 Å². The van der Waals surface area contributed by atoms with Crippen LogP contribution in [0.1, 0.15) is 28.2 Å². The lowest BCUT2D eigenvalue weighted by molar-refractivity contribution is -0.141. The Labute approximate surface area is 289 Å². The second-order valence-electron chi connectivity index (χ2n) is 12.4. The summed E-state index contributed by atoms with van der Waals surface area (Å²) in [4.78, 5) is 65.4. The Morgan fingerprint density at radius 1 is 1.00 bits per heavy atom. The maximum absolute atomic E-state index is 13.9. The minimum absolute atomic E-state index is 0.0108. The molecule has 1 aromatic heterocycles. The molecule has 0 saturated carbocycles. The van der Waals surface area contributed by atoms with E-state index in [0.717, 1.165) is 11.1 Å². The number of fused-ring (bicyclic) bond motifs is 3. The molecular formula is C36H32FN3O11. The van der Waals surface area contributed by atoms with Crippen LogP contribution in [0.2, 0.25) is 0 Å². The fourth-order valence-electron chi connectivity index (χ4n) is 6.89. The number of benzene rings is 3. The Bertz CT molecular complexity index is 2120. The molecule has 1 saturated heterocycles. The van der Waals surface area contributed by atoms with Gasteiger partial charge in [-0.1, -0.05) is 30.3 Å². The van der Waals surface area contributed by atoms with Crippen LogP contribution in [0.3, 0.4) is 0 Å². The largest absolute Gasteiger partial charge is 0.493 e. The third-order valence-electron chi connectivity index (χ3n) is 9.26. The van der Waals surface area contributed by atoms with Crippen molar-refractivity contribution in [2.24, 2.45) is 11.8 Å². The lowest BCUT2D eigenvalue weighted by Crippen LogP contribution is -2.47. The molecule has 3 aliphatic rings. The zero-order chi connectivity index (χ0) is 35.8. The molecule has 15 heteroatoms. The summed E-state index contributed by atoms with van der Waals surface area (Å²) in [6.07, 6.45) is 1.21. The Hall–Kier alpha value is -6.12. The van der Waals surface area contributed by atoms with Crippen molar-refractivity contribution in [3.8, 4) is 28.7 Å². The third-order valence-corrected chi connectivity index (χ3v) is 9.26. The van der Waals surface area contributed by atoms with E-state index in [2.05, 4.69) is 5.32 Å². The zero-order valence-electron chi connectivity index (χ0n) is 27.4. The number of rotatable bonds is 10. The van der Waals surface area contributed by atoms with E-state index in [9.17, 15) is 28.4 Å². The molecule has 4 atom stereocenters. The van der Waals surface area contributed by atoms with Crippen LogP contribution in [0, 0.1) is 17.7 Å². The van der Waals surface area contributed by atoms with E-state index >= 15 is 0 Å². The van der Waals surface area contributed by atoms with Gasteiger partial charge < -0.3 is 33.7 Å². The van der Waals surface area contributed by atoms with E-state index in [1.165, 1.54) is 14.2 Å². The maximum atomic E-state index is 13.9. The van der Waals surface area contributed by atoms with Gasteiger partial charge in [0.25, 0.3) is 5.56 Å². The van der Waals surface area contributed by atoms with E-state index in [0.29, 0.717) is 39.8 Å². The summed E-state index contributed by atoms with van der Waals surface area (Å²) < 4.78 is 48.6. The molecule has 264 valence electrons. The lowest BCUT2D eigenvalue weighted by atomic mass is 9.67. The zero-order valence-corrected chi connectivity index (χ0v) is 27.4. The summed E-state index contributed by atoms with van der Waals surface area (Å²) in [5.41, 5.74) is 0.945. The summed E-state index contributed by atoms with van der Waals surface area (Å²) in [6, 6.07) is 14.7. The van der Waals surface area contributed by atoms with Gasteiger partial charge in [-0.3, -0.25) is 23.9 Å². The van der Waals surface area contributed by atoms with Gasteiger partial charge in [0, 0.05) is 18.3 Å². The molecular weight excluding hydrogens is 669 g/mol. The Morgan fingerprint density at radius 2 is 1.71 bits per heavy atom. The average Bonchev–Trinajstić information content (AvgIpc) is 3.74. The van der Waals surface area contributed by atoms with Crippen LogP contribution in [0.5, 0.6) is 28.7 Å². The monoisotopic (exact) mass is 701 g/mol. The molecule has 3 aromatic carbocycles. The molecule has 0 spiro atoms. The average molecular weight is 702 g/mol. The van der Waals surface area contributed by atoms with Gasteiger partial charge in [-0.25, -0.2) is 9.59 Å². The fourth-order valence-corrected chi connectivity index (χ4v) is 6.89. The van der Waals surface area contributed by atoms with E-state index in [1.807, 2.05) is 12.1 Å². The molecule has 2 aliphatic heterocycles. The smallest absolute Gasteiger partial charge is 0.334 e. The molecule has 51 heavy (non-hydrogen) atoms. The molecule has 14 nitrogen and oxygen atoms in total. The molecule has 4 aromatic rings. The molecule has 3 heterocycles. The first-order chi connectivity index (χ1) is 24.6. The number of carbonyl (C=O) groups is 3. The van der Waals surface area contributed by atoms with Crippen LogP contribution < -0.4 is 40.3 Å². The van der Waals surface area contributed by atoms with Crippen molar-refractivity contribution in [1.82, 2.24) is 14.9 Å². The van der Waals surface area contributed by atoms with Gasteiger partial charge in [0.05, 0.1) is 32.9 Å². The number of cyclic esters (lactones) is 1. The van der Waals surface area contributed by atoms with E-state index in [-0.39, 0.29) is 49.0 Å². The Morgan fingerprint density at radius 3 is 2.41 bits per heavy atom. The minimum atomic E-state index is -1.29. The second-order valence-corrected chi connectivity index (χ2v) is 12.4. The van der Waals surface area contributed by atoms with E-state index in [4.69, 9.17) is 28.4 Å². The van der Waals surface area contributed by atoms with Gasteiger partial charge in [-0.05, 0) is 52.9 Å². The second kappa shape index (κ2) is 13.7. The topological polar surface area (TPSA) is 173 Å². The van der Waals surface area contributed by atoms with Gasteiger partial charge in [-0.2, -0.15) is 4.39 Å². The summed E-state index contributed by atoms with van der Waals surface area (Å²) in [5, 5.41) is 2.55. The number of methoxy groups -OCH3 is 2. The first kappa shape index (κ1) is 33.4. The van der Waals surface area contributed by atoms with E-state index < -0.39 is 53.4 Å². The molecule has 0 bridgehead atoms. The van der Waals surface area contributed by atoms with Crippen LogP contribution in [-0.2, 0) is 38.5 Å². The summed E-state index contributed by atoms with van der Waals surface area (Å²) in [7, 11) is 2.78. The number of hydrogen-bond donors (Lipinski definition) is 2. The van der Waals surface area contributed by atoms with Gasteiger partial charge >= 0.3 is 17.6 Å². The SMILES string of the molecule is COc1cc([C@@H]2c3cc4c(cc3C[C@H]3COC(=O)[C@@H]32)OCO4)cc(OC)c1OC(=O)C(Cc1ccccc1)NC(=O)Cn1cc(F)c(=O)[nH]c1=O. The summed E-state index contributed by atoms with van der Waals surface area (Å²) in [6.45, 7) is -0.326. The number of nitrogens with zero attached hydrogens (tertiary/aromatic N) is 1. The number of halogens is 1. The molecule has 7 rings (SSSR count). The van der Waals surface area contributed by atoms with Crippen molar-refractivity contribution >= 4 is 17.8 Å². The quantitative estimate of drug-likeness (QED) is 0.183. The number of nitrogens with one attached hydrogen (secondary N) is 2. The number of hydrogen-bond acceptors (Lipinski definition) is 11. The predicted molar refractivity (Wildman–Crippen MR) is 175 cm³/mol. The van der Waals surface area contributed by atoms with E-state index in [1.54, 1.807) is 47.4 Å². The van der Waals surface area contributed by atoms with Crippen molar-refractivity contribution in [1.29, 1.82) is 0 Å². The van der Waals surface area contributed by atoms with Gasteiger partial charge in [0.15, 0.2) is 23.0 Å². The minimum Gasteiger partial charge on any atom is -0.493 e. The molecule has 2 N–H and O–H groups in total. The van der Waals surface area contributed by atoms with Crippen molar-refractivity contribution < 1.29 is 47.2 Å². The molecule has 1 unspecified atom stereocenters. The molecule has 1 fully saturated rings. The molecule has 1 aliphatic carbocycles. The highest BCUT2D eigenvalue weighted by Gasteiger charge is 2.48. The number of carbonyl (C=O) groups excluding carboxylic acids is 3. The third kappa shape index (κ3) is 6.49. The first-order valence-corrected chi connectivity index (χ1v) is 16.0. The van der Waals surface area contributed by atoms with Crippen LogP contribution in [0.25, 0.3) is 0 Å². The predicted octanol–water partition coefficient (Wildman–Crippen LogP) is 2.23. The van der Waals surface area contributed by atoms with Gasteiger partial charge in [0.1, 0.15) is 12.6 Å². The van der Waals surface area contributed by atoms with Crippen LogP contribution >= 0.6 is 0 Å². The summed E-state index contributed by atoms with van der Waals surface area (Å²) in [5.74, 6) is -3.03. The normalized spacial score (nSPS) is 19.0. The Kier molecular flexibility index (Phi) is 8.93. The number of aromatic nitrogens is 2. The van der Waals surface area contributed by atoms with Gasteiger partial charge in [-0.15, -0.1) is 0 Å². The highest BCUT2D eigenvalue weighted by molar-refractivity contribution is 5.86. The van der Waals surface area contributed by atoms with Crippen molar-refractivity contribution in [3.05, 3.63) is 110 Å². The number of ether oxygens (including phenoxy) is 6. The van der Waals surface area contributed by atoms with Crippen molar-refractivity contribution in [2.45, 2.75) is 31.3 Å². The van der Waals surface area contributed by atoms with Gasteiger partial charge in [0.2, 0.25) is 24.3 Å². The number of esters is 2. The Balaban J connectivity index is 1.21. The van der Waals surface area contributed by atoms with Crippen LogP contribution in [-0.4, -0.2) is 61.1 Å². The highest BCUT2D eigenvalue weighted by Crippen LogP contribution is 2.52. The maximum Gasteiger partial charge on any atom is 0.334 e. The molecule has 1 amide bonds. The lowest BCUT2D eigenvalue weighted by Gasteiger charge is -2.34. The highest BCUT2D eigenvalue weighted by atomic mass is 19.1. The number of aromatic amines is 1.